The van der Waals surface area contributed by atoms with Gasteiger partial charge in [-0.2, -0.15) is 5.26 Å². The first-order valence-electron chi connectivity index (χ1n) is 6.15. The number of ether oxygens (including phenoxy) is 1. The normalized spacial score (nSPS) is 10.4. The fourth-order valence-electron chi connectivity index (χ4n) is 1.49. The van der Waals surface area contributed by atoms with Gasteiger partial charge >= 0.3 is 0 Å². The van der Waals surface area contributed by atoms with Gasteiger partial charge in [0.2, 0.25) is 0 Å². The second-order valence-corrected chi connectivity index (χ2v) is 4.78. The standard InChI is InChI=1S/C14H19ClN2O/c1-11(2)17-10-12-6-5-7-13(15)14(12)18-9-4-3-8-16/h5-7,11,17H,3-4,9-10H2,1-2H3. The minimum atomic E-state index is 0.412. The van der Waals surface area contributed by atoms with Crippen LogP contribution in [0.1, 0.15) is 32.3 Å². The Morgan fingerprint density at radius 1 is 1.44 bits per heavy atom. The molecule has 4 heteroatoms. The monoisotopic (exact) mass is 266 g/mol. The van der Waals surface area contributed by atoms with Gasteiger partial charge in [-0.25, -0.2) is 0 Å². The molecule has 3 nitrogen and oxygen atoms in total. The maximum absolute atomic E-state index is 8.48. The minimum absolute atomic E-state index is 0.412. The second-order valence-electron chi connectivity index (χ2n) is 4.37. The molecule has 1 N–H and O–H groups in total. The lowest BCUT2D eigenvalue weighted by atomic mass is 10.2. The van der Waals surface area contributed by atoms with Crippen molar-refractivity contribution in [3.8, 4) is 11.8 Å². The largest absolute Gasteiger partial charge is 0.492 e. The number of nitrogens with one attached hydrogen (secondary N) is 1. The highest BCUT2D eigenvalue weighted by molar-refractivity contribution is 6.32. The average molecular weight is 267 g/mol. The Bertz CT molecular complexity index is 413. The Balaban J connectivity index is 2.65. The summed E-state index contributed by atoms with van der Waals surface area (Å²) in [4.78, 5) is 0. The first kappa shape index (κ1) is 14.8. The van der Waals surface area contributed by atoms with Gasteiger partial charge in [-0.05, 0) is 12.5 Å². The molecule has 0 radical (unpaired) electrons. The molecule has 0 aromatic heterocycles. The van der Waals surface area contributed by atoms with Crippen molar-refractivity contribution in [2.75, 3.05) is 6.61 Å². The summed E-state index contributed by atoms with van der Waals surface area (Å²) < 4.78 is 5.68. The molecule has 0 saturated heterocycles. The van der Waals surface area contributed by atoms with Crippen LogP contribution in [0.5, 0.6) is 5.75 Å². The lowest BCUT2D eigenvalue weighted by Gasteiger charge is -2.14. The van der Waals surface area contributed by atoms with Crippen LogP contribution in [-0.2, 0) is 6.54 Å². The van der Waals surface area contributed by atoms with E-state index in [-0.39, 0.29) is 0 Å². The molecule has 1 rings (SSSR count). The van der Waals surface area contributed by atoms with Crippen LogP contribution in [0.15, 0.2) is 18.2 Å². The van der Waals surface area contributed by atoms with Crippen LogP contribution in [0.25, 0.3) is 0 Å². The molecule has 18 heavy (non-hydrogen) atoms. The highest BCUT2D eigenvalue weighted by atomic mass is 35.5. The molecule has 0 bridgehead atoms. The van der Waals surface area contributed by atoms with E-state index >= 15 is 0 Å². The Kier molecular flexibility index (Phi) is 6.56. The van der Waals surface area contributed by atoms with Gasteiger partial charge in [0.25, 0.3) is 0 Å². The smallest absolute Gasteiger partial charge is 0.142 e. The highest BCUT2D eigenvalue weighted by Crippen LogP contribution is 2.28. The van der Waals surface area contributed by atoms with E-state index in [1.54, 1.807) is 0 Å². The summed E-state index contributed by atoms with van der Waals surface area (Å²) >= 11 is 6.14. The molecular weight excluding hydrogens is 248 g/mol. The molecule has 0 atom stereocenters. The lowest BCUT2D eigenvalue weighted by molar-refractivity contribution is 0.308. The van der Waals surface area contributed by atoms with Crippen LogP contribution in [0, 0.1) is 11.3 Å². The Hall–Kier alpha value is -1.24. The van der Waals surface area contributed by atoms with Crippen LogP contribution >= 0.6 is 11.6 Å². The quantitative estimate of drug-likeness (QED) is 0.768. The van der Waals surface area contributed by atoms with Crippen LogP contribution in [0.4, 0.5) is 0 Å². The Labute approximate surface area is 114 Å². The first-order valence-corrected chi connectivity index (χ1v) is 6.53. The van der Waals surface area contributed by atoms with Gasteiger partial charge < -0.3 is 10.1 Å². The fraction of sp³-hybridized carbons (Fsp3) is 0.500. The van der Waals surface area contributed by atoms with Gasteiger partial charge in [-0.1, -0.05) is 37.6 Å². The van der Waals surface area contributed by atoms with Crippen molar-refractivity contribution < 1.29 is 4.74 Å². The molecule has 0 unspecified atom stereocenters. The zero-order chi connectivity index (χ0) is 13.4. The number of unbranched alkanes of at least 4 members (excludes halogenated alkanes) is 1. The Morgan fingerprint density at radius 2 is 2.22 bits per heavy atom. The van der Waals surface area contributed by atoms with Crippen molar-refractivity contribution in [1.82, 2.24) is 5.32 Å². The topological polar surface area (TPSA) is 45.0 Å². The summed E-state index contributed by atoms with van der Waals surface area (Å²) in [6.45, 7) is 5.44. The Morgan fingerprint density at radius 3 is 2.89 bits per heavy atom. The van der Waals surface area contributed by atoms with Gasteiger partial charge in [0.05, 0.1) is 17.7 Å². The number of hydrogen-bond acceptors (Lipinski definition) is 3. The molecule has 1 aromatic rings. The summed E-state index contributed by atoms with van der Waals surface area (Å²) in [5.41, 5.74) is 1.05. The zero-order valence-corrected chi connectivity index (χ0v) is 11.6. The number of rotatable bonds is 7. The first-order chi connectivity index (χ1) is 8.65. The minimum Gasteiger partial charge on any atom is -0.492 e. The highest BCUT2D eigenvalue weighted by Gasteiger charge is 2.08. The molecule has 0 amide bonds. The van der Waals surface area contributed by atoms with Crippen molar-refractivity contribution in [1.29, 1.82) is 5.26 Å². The molecule has 0 aliphatic heterocycles. The van der Waals surface area contributed by atoms with E-state index in [4.69, 9.17) is 21.6 Å². The summed E-state index contributed by atoms with van der Waals surface area (Å²) in [7, 11) is 0. The molecule has 98 valence electrons. The van der Waals surface area contributed by atoms with E-state index in [0.29, 0.717) is 24.1 Å². The van der Waals surface area contributed by atoms with E-state index in [1.165, 1.54) is 0 Å². The van der Waals surface area contributed by atoms with E-state index in [0.717, 1.165) is 24.3 Å². The van der Waals surface area contributed by atoms with Crippen molar-refractivity contribution in [3.05, 3.63) is 28.8 Å². The molecule has 0 fully saturated rings. The lowest BCUT2D eigenvalue weighted by Crippen LogP contribution is -2.22. The molecule has 0 aliphatic carbocycles. The van der Waals surface area contributed by atoms with Crippen molar-refractivity contribution in [2.24, 2.45) is 0 Å². The van der Waals surface area contributed by atoms with Crippen LogP contribution in [0.3, 0.4) is 0 Å². The maximum atomic E-state index is 8.48. The van der Waals surface area contributed by atoms with E-state index < -0.39 is 0 Å². The number of para-hydroxylation sites is 1. The summed E-state index contributed by atoms with van der Waals surface area (Å²) in [5, 5.41) is 12.4. The van der Waals surface area contributed by atoms with Gasteiger partial charge in [-0.3, -0.25) is 0 Å². The predicted molar refractivity (Wildman–Crippen MR) is 73.8 cm³/mol. The third-order valence-corrected chi connectivity index (χ3v) is 2.73. The van der Waals surface area contributed by atoms with E-state index in [2.05, 4.69) is 25.2 Å². The maximum Gasteiger partial charge on any atom is 0.142 e. The summed E-state index contributed by atoms with van der Waals surface area (Å²) in [5.74, 6) is 0.727. The van der Waals surface area contributed by atoms with Crippen molar-refractivity contribution in [3.63, 3.8) is 0 Å². The summed E-state index contributed by atoms with van der Waals surface area (Å²) in [6, 6.07) is 8.25. The van der Waals surface area contributed by atoms with Gasteiger partial charge in [0.15, 0.2) is 0 Å². The van der Waals surface area contributed by atoms with E-state index in [1.807, 2.05) is 18.2 Å². The van der Waals surface area contributed by atoms with Gasteiger partial charge in [-0.15, -0.1) is 0 Å². The zero-order valence-electron chi connectivity index (χ0n) is 10.9. The summed E-state index contributed by atoms with van der Waals surface area (Å²) in [6.07, 6.45) is 1.23. The fourth-order valence-corrected chi connectivity index (χ4v) is 1.74. The van der Waals surface area contributed by atoms with E-state index in [9.17, 15) is 0 Å². The third-order valence-electron chi connectivity index (χ3n) is 2.43. The molecular formula is C14H19ClN2O. The van der Waals surface area contributed by atoms with Crippen LogP contribution in [-0.4, -0.2) is 12.6 Å². The predicted octanol–water partition coefficient (Wildman–Crippen LogP) is 3.52. The van der Waals surface area contributed by atoms with Crippen LogP contribution in [0.2, 0.25) is 5.02 Å². The molecule has 0 spiro atoms. The molecule has 0 heterocycles. The average Bonchev–Trinajstić information content (AvgIpc) is 2.34. The third kappa shape index (κ3) is 4.95. The molecule has 0 aliphatic rings. The second kappa shape index (κ2) is 7.97. The van der Waals surface area contributed by atoms with Crippen molar-refractivity contribution in [2.45, 2.75) is 39.3 Å². The number of benzene rings is 1. The molecule has 0 saturated carbocycles. The molecule has 1 aromatic carbocycles. The van der Waals surface area contributed by atoms with Crippen LogP contribution < -0.4 is 10.1 Å². The van der Waals surface area contributed by atoms with Gasteiger partial charge in [0, 0.05) is 24.6 Å². The number of halogens is 1. The van der Waals surface area contributed by atoms with Crippen molar-refractivity contribution >= 4 is 11.6 Å². The number of nitrogens with zero attached hydrogens (tertiary/aromatic N) is 1. The number of nitriles is 1. The SMILES string of the molecule is CC(C)NCc1cccc(Cl)c1OCCCC#N. The number of hydrogen-bond donors (Lipinski definition) is 1. The van der Waals surface area contributed by atoms with Gasteiger partial charge in [0.1, 0.15) is 5.75 Å².